The minimum absolute atomic E-state index is 0.0462. The predicted molar refractivity (Wildman–Crippen MR) is 57.6 cm³/mol. The van der Waals surface area contributed by atoms with E-state index in [1.54, 1.807) is 19.1 Å². The van der Waals surface area contributed by atoms with Crippen LogP contribution in [0.25, 0.3) is 10.9 Å². The molecule has 0 atom stereocenters. The van der Waals surface area contributed by atoms with Crippen LogP contribution >= 0.6 is 0 Å². The molecule has 0 fully saturated rings. The second kappa shape index (κ2) is 4.45. The van der Waals surface area contributed by atoms with Crippen LogP contribution in [-0.2, 0) is 4.74 Å². The van der Waals surface area contributed by atoms with Crippen molar-refractivity contribution in [3.63, 3.8) is 0 Å². The number of fused-ring (bicyclic) bond motifs is 1. The molecule has 2 aromatic rings. The zero-order chi connectivity index (χ0) is 12.4. The molecule has 0 saturated carbocycles. The van der Waals surface area contributed by atoms with E-state index in [2.05, 4.69) is 9.72 Å². The van der Waals surface area contributed by atoms with Crippen LogP contribution < -0.4 is 0 Å². The van der Waals surface area contributed by atoms with Crippen molar-refractivity contribution in [2.75, 3.05) is 6.61 Å². The Hall–Kier alpha value is -2.04. The summed E-state index contributed by atoms with van der Waals surface area (Å²) in [6, 6.07) is 6.09. The second-order valence-corrected chi connectivity index (χ2v) is 3.33. The molecule has 0 spiro atoms. The summed E-state index contributed by atoms with van der Waals surface area (Å²) in [5.74, 6) is -3.13. The molecule has 2 rings (SSSR count). The molecular weight excluding hydrogens is 228 g/mol. The molecule has 0 amide bonds. The first kappa shape index (κ1) is 11.4. The number of para-hydroxylation sites is 1. The fourth-order valence-corrected chi connectivity index (χ4v) is 1.52. The smallest absolute Gasteiger partial charge is 0.345 e. The Morgan fingerprint density at radius 1 is 1.35 bits per heavy atom. The Kier molecular flexibility index (Phi) is 2.99. The largest absolute Gasteiger partial charge is 0.462 e. The lowest BCUT2D eigenvalue weighted by molar-refractivity contribution is 0.0514. The molecule has 0 aliphatic carbocycles. The average Bonchev–Trinajstić information content (AvgIpc) is 2.29. The number of halogens is 2. The fourth-order valence-electron chi connectivity index (χ4n) is 1.52. The molecule has 0 aliphatic heterocycles. The maximum absolute atomic E-state index is 13.9. The van der Waals surface area contributed by atoms with Crippen LogP contribution in [0.15, 0.2) is 24.3 Å². The van der Waals surface area contributed by atoms with E-state index >= 15 is 0 Å². The summed E-state index contributed by atoms with van der Waals surface area (Å²) in [4.78, 5) is 14.9. The summed E-state index contributed by atoms with van der Waals surface area (Å²) in [5.41, 5.74) is -0.582. The number of benzene rings is 1. The average molecular weight is 237 g/mol. The molecule has 0 N–H and O–H groups in total. The van der Waals surface area contributed by atoms with Crippen molar-refractivity contribution < 1.29 is 18.3 Å². The van der Waals surface area contributed by atoms with Crippen LogP contribution in [0, 0.1) is 11.8 Å². The number of esters is 1. The second-order valence-electron chi connectivity index (χ2n) is 3.33. The molecule has 0 aliphatic rings. The van der Waals surface area contributed by atoms with E-state index in [4.69, 9.17) is 0 Å². The minimum Gasteiger partial charge on any atom is -0.462 e. The van der Waals surface area contributed by atoms with E-state index in [0.29, 0.717) is 0 Å². The number of hydrogen-bond acceptors (Lipinski definition) is 3. The highest BCUT2D eigenvalue weighted by molar-refractivity contribution is 5.94. The normalized spacial score (nSPS) is 10.5. The van der Waals surface area contributed by atoms with E-state index < -0.39 is 23.3 Å². The van der Waals surface area contributed by atoms with E-state index in [1.807, 2.05) is 0 Å². The van der Waals surface area contributed by atoms with Gasteiger partial charge in [0, 0.05) is 5.39 Å². The Balaban J connectivity index is 2.67. The monoisotopic (exact) mass is 237 g/mol. The lowest BCUT2D eigenvalue weighted by Crippen LogP contribution is -2.11. The first-order chi connectivity index (χ1) is 8.15. The van der Waals surface area contributed by atoms with Gasteiger partial charge < -0.3 is 4.74 Å². The number of pyridine rings is 1. The van der Waals surface area contributed by atoms with Crippen molar-refractivity contribution >= 4 is 16.9 Å². The van der Waals surface area contributed by atoms with Gasteiger partial charge in [0.2, 0.25) is 5.95 Å². The third kappa shape index (κ3) is 1.95. The lowest BCUT2D eigenvalue weighted by atomic mass is 10.1. The van der Waals surface area contributed by atoms with Gasteiger partial charge >= 0.3 is 5.97 Å². The van der Waals surface area contributed by atoms with Crippen molar-refractivity contribution in [3.05, 3.63) is 41.6 Å². The van der Waals surface area contributed by atoms with Crippen LogP contribution in [0.4, 0.5) is 8.78 Å². The lowest BCUT2D eigenvalue weighted by Gasteiger charge is -2.06. The Labute approximate surface area is 96.0 Å². The number of carbonyl (C=O) groups excluding carboxylic acids is 1. The van der Waals surface area contributed by atoms with Gasteiger partial charge in [0.15, 0.2) is 11.4 Å². The van der Waals surface area contributed by atoms with Gasteiger partial charge in [0.25, 0.3) is 0 Å². The topological polar surface area (TPSA) is 39.2 Å². The molecule has 5 heteroatoms. The highest BCUT2D eigenvalue weighted by Gasteiger charge is 2.22. The third-order valence-electron chi connectivity index (χ3n) is 2.26. The number of rotatable bonds is 2. The zero-order valence-corrected chi connectivity index (χ0v) is 9.04. The maximum Gasteiger partial charge on any atom is 0.345 e. The SMILES string of the molecule is CCOC(=O)c1c(F)nc2ccccc2c1F. The predicted octanol–water partition coefficient (Wildman–Crippen LogP) is 2.69. The van der Waals surface area contributed by atoms with Gasteiger partial charge in [-0.2, -0.15) is 4.39 Å². The Bertz CT molecular complexity index is 584. The van der Waals surface area contributed by atoms with Gasteiger partial charge in [0.05, 0.1) is 12.1 Å². The molecule has 0 radical (unpaired) electrons. The molecular formula is C12H9F2NO2. The van der Waals surface area contributed by atoms with E-state index in [9.17, 15) is 13.6 Å². The van der Waals surface area contributed by atoms with Crippen LogP contribution in [-0.4, -0.2) is 17.6 Å². The fraction of sp³-hybridized carbons (Fsp3) is 0.167. The van der Waals surface area contributed by atoms with Crippen molar-refractivity contribution in [1.82, 2.24) is 4.98 Å². The molecule has 1 aromatic heterocycles. The number of carbonyl (C=O) groups is 1. The van der Waals surface area contributed by atoms with Crippen molar-refractivity contribution in [1.29, 1.82) is 0 Å². The summed E-state index contributed by atoms with van der Waals surface area (Å²) in [7, 11) is 0. The first-order valence-corrected chi connectivity index (χ1v) is 5.06. The minimum atomic E-state index is -1.15. The highest BCUT2D eigenvalue weighted by Crippen LogP contribution is 2.21. The first-order valence-electron chi connectivity index (χ1n) is 5.06. The summed E-state index contributed by atoms with van der Waals surface area (Å²) in [6.07, 6.45) is 0. The van der Waals surface area contributed by atoms with Gasteiger partial charge in [0.1, 0.15) is 0 Å². The standard InChI is InChI=1S/C12H9F2NO2/c1-2-17-12(16)9-10(13)7-5-3-4-6-8(7)15-11(9)14/h3-6H,2H2,1H3. The van der Waals surface area contributed by atoms with E-state index in [-0.39, 0.29) is 17.5 Å². The Morgan fingerprint density at radius 3 is 2.76 bits per heavy atom. The molecule has 0 saturated heterocycles. The molecule has 0 unspecified atom stereocenters. The maximum atomic E-state index is 13.9. The van der Waals surface area contributed by atoms with Gasteiger partial charge in [-0.1, -0.05) is 12.1 Å². The summed E-state index contributed by atoms with van der Waals surface area (Å²) < 4.78 is 32.0. The van der Waals surface area contributed by atoms with Crippen LogP contribution in [0.2, 0.25) is 0 Å². The van der Waals surface area contributed by atoms with Crippen LogP contribution in [0.1, 0.15) is 17.3 Å². The quantitative estimate of drug-likeness (QED) is 0.595. The van der Waals surface area contributed by atoms with Crippen LogP contribution in [0.5, 0.6) is 0 Å². The van der Waals surface area contributed by atoms with E-state index in [0.717, 1.165) is 0 Å². The molecule has 3 nitrogen and oxygen atoms in total. The number of aromatic nitrogens is 1. The third-order valence-corrected chi connectivity index (χ3v) is 2.26. The van der Waals surface area contributed by atoms with Gasteiger partial charge in [-0.15, -0.1) is 0 Å². The van der Waals surface area contributed by atoms with Crippen molar-refractivity contribution in [3.8, 4) is 0 Å². The summed E-state index contributed by atoms with van der Waals surface area (Å²) in [5, 5.41) is 0.0944. The zero-order valence-electron chi connectivity index (χ0n) is 9.04. The summed E-state index contributed by atoms with van der Waals surface area (Å²) in [6.45, 7) is 1.60. The molecule has 0 bridgehead atoms. The number of nitrogens with zero attached hydrogens (tertiary/aromatic N) is 1. The molecule has 1 aromatic carbocycles. The highest BCUT2D eigenvalue weighted by atomic mass is 19.1. The van der Waals surface area contributed by atoms with Crippen LogP contribution in [0.3, 0.4) is 0 Å². The Morgan fingerprint density at radius 2 is 2.06 bits per heavy atom. The van der Waals surface area contributed by atoms with Crippen molar-refractivity contribution in [2.45, 2.75) is 6.92 Å². The molecule has 88 valence electrons. The number of hydrogen-bond donors (Lipinski definition) is 0. The van der Waals surface area contributed by atoms with Gasteiger partial charge in [-0.3, -0.25) is 0 Å². The molecule has 1 heterocycles. The molecule has 17 heavy (non-hydrogen) atoms. The van der Waals surface area contributed by atoms with E-state index in [1.165, 1.54) is 12.1 Å². The van der Waals surface area contributed by atoms with Gasteiger partial charge in [-0.05, 0) is 19.1 Å². The summed E-state index contributed by atoms with van der Waals surface area (Å²) >= 11 is 0. The van der Waals surface area contributed by atoms with Gasteiger partial charge in [-0.25, -0.2) is 14.2 Å². The van der Waals surface area contributed by atoms with Crippen molar-refractivity contribution in [2.24, 2.45) is 0 Å². The number of ether oxygens (including phenoxy) is 1.